The van der Waals surface area contributed by atoms with Gasteiger partial charge < -0.3 is 4.42 Å². The van der Waals surface area contributed by atoms with Gasteiger partial charge in [-0.15, -0.1) is 0 Å². The van der Waals surface area contributed by atoms with E-state index in [0.717, 1.165) is 5.39 Å². The second kappa shape index (κ2) is 4.11. The quantitative estimate of drug-likeness (QED) is 0.717. The number of hydrogen-bond acceptors (Lipinski definition) is 3. The molecule has 3 rings (SSSR count). The van der Waals surface area contributed by atoms with Gasteiger partial charge >= 0.3 is 0 Å². The van der Waals surface area contributed by atoms with Crippen molar-refractivity contribution in [1.82, 2.24) is 0 Å². The van der Waals surface area contributed by atoms with Crippen LogP contribution >= 0.6 is 0 Å². The fourth-order valence-electron chi connectivity index (χ4n) is 1.97. The molecule has 1 aromatic carbocycles. The third-order valence-electron chi connectivity index (χ3n) is 2.89. The standard InChI is InChI=1S/C15H10O3/c16-12-7-3-2-6-11(15(12)17)14-9-10-5-1-4-8-13(10)18-14/h1-6,8-9H,7H2. The van der Waals surface area contributed by atoms with Crippen LogP contribution in [0.15, 0.2) is 53.0 Å². The lowest BCUT2D eigenvalue weighted by atomic mass is 10.0. The Balaban J connectivity index is 2.13. The molecule has 0 aliphatic heterocycles. The van der Waals surface area contributed by atoms with Crippen LogP contribution in [-0.2, 0) is 9.59 Å². The number of fused-ring (bicyclic) bond motifs is 1. The van der Waals surface area contributed by atoms with Crippen molar-refractivity contribution in [3.8, 4) is 0 Å². The molecule has 1 aliphatic carbocycles. The molecular weight excluding hydrogens is 228 g/mol. The minimum absolute atomic E-state index is 0.152. The van der Waals surface area contributed by atoms with E-state index in [0.29, 0.717) is 16.9 Å². The Morgan fingerprint density at radius 2 is 1.94 bits per heavy atom. The van der Waals surface area contributed by atoms with E-state index in [1.165, 1.54) is 0 Å². The third kappa shape index (κ3) is 1.70. The summed E-state index contributed by atoms with van der Waals surface area (Å²) in [5, 5.41) is 0.918. The highest BCUT2D eigenvalue weighted by Crippen LogP contribution is 2.26. The molecule has 3 nitrogen and oxygen atoms in total. The van der Waals surface area contributed by atoms with Crippen molar-refractivity contribution in [1.29, 1.82) is 0 Å². The lowest BCUT2D eigenvalue weighted by Crippen LogP contribution is -2.13. The maximum Gasteiger partial charge on any atom is 0.232 e. The smallest absolute Gasteiger partial charge is 0.232 e. The molecule has 0 bridgehead atoms. The van der Waals surface area contributed by atoms with Crippen molar-refractivity contribution in [3.05, 3.63) is 54.3 Å². The number of ketones is 2. The number of furan rings is 1. The van der Waals surface area contributed by atoms with Crippen LogP contribution in [0, 0.1) is 0 Å². The predicted molar refractivity (Wildman–Crippen MR) is 68.0 cm³/mol. The number of Topliss-reactive ketones (excluding diaryl/α,β-unsaturated/α-hetero) is 2. The van der Waals surface area contributed by atoms with Gasteiger partial charge in [-0.3, -0.25) is 9.59 Å². The Kier molecular flexibility index (Phi) is 2.45. The van der Waals surface area contributed by atoms with Gasteiger partial charge in [-0.25, -0.2) is 0 Å². The first-order valence-corrected chi connectivity index (χ1v) is 5.69. The Morgan fingerprint density at radius 3 is 2.78 bits per heavy atom. The largest absolute Gasteiger partial charge is 0.456 e. The van der Waals surface area contributed by atoms with E-state index in [9.17, 15) is 9.59 Å². The number of carbonyl (C=O) groups is 2. The van der Waals surface area contributed by atoms with Crippen molar-refractivity contribution in [2.24, 2.45) is 0 Å². The van der Waals surface area contributed by atoms with E-state index in [2.05, 4.69) is 0 Å². The fraction of sp³-hybridized carbons (Fsp3) is 0.0667. The summed E-state index contributed by atoms with van der Waals surface area (Å²) in [4.78, 5) is 23.4. The molecule has 0 spiro atoms. The highest BCUT2D eigenvalue weighted by atomic mass is 16.3. The summed E-state index contributed by atoms with van der Waals surface area (Å²) in [5.41, 5.74) is 1.03. The molecule has 0 saturated heterocycles. The van der Waals surface area contributed by atoms with E-state index < -0.39 is 11.6 Å². The van der Waals surface area contributed by atoms with Crippen LogP contribution in [0.4, 0.5) is 0 Å². The van der Waals surface area contributed by atoms with E-state index in [1.54, 1.807) is 24.3 Å². The van der Waals surface area contributed by atoms with E-state index in [1.807, 2.05) is 24.3 Å². The van der Waals surface area contributed by atoms with Gasteiger partial charge in [0.1, 0.15) is 11.3 Å². The van der Waals surface area contributed by atoms with Crippen LogP contribution in [0.25, 0.3) is 16.5 Å². The van der Waals surface area contributed by atoms with Crippen LogP contribution < -0.4 is 0 Å². The Hall–Kier alpha value is -2.42. The molecule has 3 heteroatoms. The predicted octanol–water partition coefficient (Wildman–Crippen LogP) is 2.91. The van der Waals surface area contributed by atoms with E-state index in [4.69, 9.17) is 4.42 Å². The fourth-order valence-corrected chi connectivity index (χ4v) is 1.97. The van der Waals surface area contributed by atoms with Crippen LogP contribution in [0.5, 0.6) is 0 Å². The molecular formula is C15H10O3. The maximum atomic E-state index is 11.9. The zero-order valence-electron chi connectivity index (χ0n) is 9.55. The number of para-hydroxylation sites is 1. The summed E-state index contributed by atoms with van der Waals surface area (Å²) < 4.78 is 5.61. The molecule has 1 aromatic heterocycles. The Morgan fingerprint density at radius 1 is 1.11 bits per heavy atom. The van der Waals surface area contributed by atoms with Gasteiger partial charge in [-0.1, -0.05) is 30.4 Å². The second-order valence-corrected chi connectivity index (χ2v) is 4.11. The van der Waals surface area contributed by atoms with Gasteiger partial charge in [0.05, 0.1) is 5.57 Å². The van der Waals surface area contributed by atoms with Crippen LogP contribution in [0.2, 0.25) is 0 Å². The molecule has 18 heavy (non-hydrogen) atoms. The van der Waals surface area contributed by atoms with E-state index in [-0.39, 0.29) is 6.42 Å². The second-order valence-electron chi connectivity index (χ2n) is 4.11. The zero-order valence-corrected chi connectivity index (χ0v) is 9.55. The average molecular weight is 238 g/mol. The van der Waals surface area contributed by atoms with Crippen molar-refractivity contribution >= 4 is 28.1 Å². The Labute approximate surface area is 103 Å². The highest BCUT2D eigenvalue weighted by Gasteiger charge is 2.23. The zero-order chi connectivity index (χ0) is 12.5. The van der Waals surface area contributed by atoms with Gasteiger partial charge in [0.2, 0.25) is 11.6 Å². The maximum absolute atomic E-state index is 11.9. The topological polar surface area (TPSA) is 47.3 Å². The minimum Gasteiger partial charge on any atom is -0.456 e. The molecule has 2 aromatic rings. The first-order chi connectivity index (χ1) is 8.75. The van der Waals surface area contributed by atoms with Crippen LogP contribution in [0.3, 0.4) is 0 Å². The molecule has 0 fully saturated rings. The lowest BCUT2D eigenvalue weighted by molar-refractivity contribution is -0.132. The molecule has 0 atom stereocenters. The monoisotopic (exact) mass is 238 g/mol. The highest BCUT2D eigenvalue weighted by molar-refractivity contribution is 6.54. The van der Waals surface area contributed by atoms with Crippen LogP contribution in [0.1, 0.15) is 12.2 Å². The van der Waals surface area contributed by atoms with Crippen LogP contribution in [-0.4, -0.2) is 11.6 Å². The lowest BCUT2D eigenvalue weighted by Gasteiger charge is -1.98. The number of hydrogen-bond donors (Lipinski definition) is 0. The molecule has 88 valence electrons. The van der Waals surface area contributed by atoms with Crippen molar-refractivity contribution < 1.29 is 14.0 Å². The first kappa shape index (κ1) is 10.7. The van der Waals surface area contributed by atoms with Crippen molar-refractivity contribution in [3.63, 3.8) is 0 Å². The number of carbonyl (C=O) groups excluding carboxylic acids is 2. The van der Waals surface area contributed by atoms with Crippen molar-refractivity contribution in [2.45, 2.75) is 6.42 Å². The Bertz CT molecular complexity index is 668. The summed E-state index contributed by atoms with van der Waals surface area (Å²) in [6.07, 6.45) is 5.17. The number of rotatable bonds is 1. The molecule has 1 heterocycles. The van der Waals surface area contributed by atoms with E-state index >= 15 is 0 Å². The van der Waals surface area contributed by atoms with Gasteiger partial charge in [0.25, 0.3) is 0 Å². The average Bonchev–Trinajstić information content (AvgIpc) is 2.73. The molecule has 0 unspecified atom stereocenters. The summed E-state index contributed by atoms with van der Waals surface area (Å²) in [6, 6.07) is 9.28. The molecule has 1 aliphatic rings. The summed E-state index contributed by atoms with van der Waals surface area (Å²) in [5.74, 6) is -0.449. The number of allylic oxidation sites excluding steroid dienone is 4. The molecule has 0 N–H and O–H groups in total. The van der Waals surface area contributed by atoms with Gasteiger partial charge in [-0.2, -0.15) is 0 Å². The molecule has 0 radical (unpaired) electrons. The van der Waals surface area contributed by atoms with Gasteiger partial charge in [0, 0.05) is 11.8 Å². The third-order valence-corrected chi connectivity index (χ3v) is 2.89. The summed E-state index contributed by atoms with van der Waals surface area (Å²) in [7, 11) is 0. The summed E-state index contributed by atoms with van der Waals surface area (Å²) >= 11 is 0. The van der Waals surface area contributed by atoms with Crippen molar-refractivity contribution in [2.75, 3.05) is 0 Å². The number of benzene rings is 1. The van der Waals surface area contributed by atoms with Gasteiger partial charge in [0.15, 0.2) is 0 Å². The van der Waals surface area contributed by atoms with Gasteiger partial charge in [-0.05, 0) is 18.2 Å². The minimum atomic E-state index is -0.487. The molecule has 0 amide bonds. The summed E-state index contributed by atoms with van der Waals surface area (Å²) in [6.45, 7) is 0. The molecule has 0 saturated carbocycles. The first-order valence-electron chi connectivity index (χ1n) is 5.69. The normalized spacial score (nSPS) is 15.9. The SMILES string of the molecule is O=C1CC=CC=C(c2cc3ccccc3o2)C1=O.